The molecule has 4 nitrogen and oxygen atoms in total. The fraction of sp³-hybridized carbons (Fsp3) is 0.778. The van der Waals surface area contributed by atoms with Gasteiger partial charge in [0.05, 0.1) is 6.61 Å². The van der Waals surface area contributed by atoms with Gasteiger partial charge in [0.1, 0.15) is 5.84 Å². The average Bonchev–Trinajstić information content (AvgIpc) is 2.10. The van der Waals surface area contributed by atoms with Crippen LogP contribution in [0.2, 0.25) is 0 Å². The largest absolute Gasteiger partial charge is 0.385 e. The molecule has 2 N–H and O–H groups in total. The molecule has 4 heteroatoms. The first-order valence-electron chi connectivity index (χ1n) is 4.53. The zero-order chi connectivity index (χ0) is 9.84. The lowest BCUT2D eigenvalue weighted by Gasteiger charge is -2.19. The molecule has 0 aromatic rings. The van der Waals surface area contributed by atoms with E-state index < -0.39 is 0 Å². The van der Waals surface area contributed by atoms with Crippen molar-refractivity contribution in [2.45, 2.75) is 20.3 Å². The minimum absolute atomic E-state index is 0.312. The molecular weight excluding hydrogens is 166 g/mol. The van der Waals surface area contributed by atoms with Gasteiger partial charge in [-0.2, -0.15) is 5.10 Å². The third-order valence-electron chi connectivity index (χ3n) is 2.30. The van der Waals surface area contributed by atoms with Crippen LogP contribution in [0.25, 0.3) is 0 Å². The van der Waals surface area contributed by atoms with Crippen LogP contribution in [-0.4, -0.2) is 25.3 Å². The van der Waals surface area contributed by atoms with Gasteiger partial charge in [-0.3, -0.25) is 0 Å². The van der Waals surface area contributed by atoms with Gasteiger partial charge in [0, 0.05) is 24.7 Å². The molecule has 74 valence electrons. The topological polar surface area (TPSA) is 60.0 Å². The SMILES string of the molecule is COCC(C)C1=NN=C(N)C(C)C1. The standard InChI is InChI=1S/C9H17N3O/c1-6-4-8(7(2)5-13-3)11-12-9(6)10/h6-7H,4-5H2,1-3H3,(H2,10,12). The predicted octanol–water partition coefficient (Wildman–Crippen LogP) is 1.02. The van der Waals surface area contributed by atoms with Crippen LogP contribution in [0.15, 0.2) is 10.2 Å². The van der Waals surface area contributed by atoms with E-state index in [-0.39, 0.29) is 0 Å². The molecule has 0 saturated heterocycles. The van der Waals surface area contributed by atoms with E-state index in [4.69, 9.17) is 10.5 Å². The lowest BCUT2D eigenvalue weighted by molar-refractivity contribution is 0.180. The summed E-state index contributed by atoms with van der Waals surface area (Å²) in [6.45, 7) is 4.85. The summed E-state index contributed by atoms with van der Waals surface area (Å²) < 4.78 is 5.06. The number of methoxy groups -OCH3 is 1. The van der Waals surface area contributed by atoms with Crippen molar-refractivity contribution in [1.29, 1.82) is 0 Å². The van der Waals surface area contributed by atoms with Gasteiger partial charge in [-0.25, -0.2) is 0 Å². The first-order valence-corrected chi connectivity index (χ1v) is 4.53. The summed E-state index contributed by atoms with van der Waals surface area (Å²) in [7, 11) is 1.70. The maximum absolute atomic E-state index is 5.63. The molecule has 0 amide bonds. The van der Waals surface area contributed by atoms with Crippen molar-refractivity contribution < 1.29 is 4.74 Å². The van der Waals surface area contributed by atoms with Crippen LogP contribution in [-0.2, 0) is 4.74 Å². The van der Waals surface area contributed by atoms with Crippen LogP contribution in [0.3, 0.4) is 0 Å². The highest BCUT2D eigenvalue weighted by molar-refractivity contribution is 5.95. The van der Waals surface area contributed by atoms with E-state index in [1.54, 1.807) is 7.11 Å². The van der Waals surface area contributed by atoms with Gasteiger partial charge in [-0.15, -0.1) is 5.10 Å². The van der Waals surface area contributed by atoms with Crippen LogP contribution in [0.5, 0.6) is 0 Å². The van der Waals surface area contributed by atoms with Crippen molar-refractivity contribution >= 4 is 11.5 Å². The van der Waals surface area contributed by atoms with E-state index in [0.29, 0.717) is 24.3 Å². The van der Waals surface area contributed by atoms with Crippen LogP contribution in [0.4, 0.5) is 0 Å². The molecule has 0 saturated carbocycles. The number of amidine groups is 1. The van der Waals surface area contributed by atoms with Crippen LogP contribution >= 0.6 is 0 Å². The highest BCUT2D eigenvalue weighted by atomic mass is 16.5. The highest BCUT2D eigenvalue weighted by Crippen LogP contribution is 2.15. The average molecular weight is 183 g/mol. The van der Waals surface area contributed by atoms with Gasteiger partial charge in [-0.1, -0.05) is 13.8 Å². The molecule has 1 rings (SSSR count). The van der Waals surface area contributed by atoms with E-state index in [9.17, 15) is 0 Å². The van der Waals surface area contributed by atoms with Crippen molar-refractivity contribution in [3.05, 3.63) is 0 Å². The Morgan fingerprint density at radius 1 is 1.62 bits per heavy atom. The molecule has 1 heterocycles. The molecule has 0 fully saturated rings. The van der Waals surface area contributed by atoms with Gasteiger partial charge in [-0.05, 0) is 6.42 Å². The third-order valence-corrected chi connectivity index (χ3v) is 2.30. The second-order valence-electron chi connectivity index (χ2n) is 3.58. The van der Waals surface area contributed by atoms with Crippen molar-refractivity contribution in [3.63, 3.8) is 0 Å². The molecule has 0 radical (unpaired) electrons. The van der Waals surface area contributed by atoms with Crippen molar-refractivity contribution in [3.8, 4) is 0 Å². The number of hydrogen-bond donors (Lipinski definition) is 1. The monoisotopic (exact) mass is 183 g/mol. The Bertz CT molecular complexity index is 235. The van der Waals surface area contributed by atoms with Crippen LogP contribution in [0.1, 0.15) is 20.3 Å². The summed E-state index contributed by atoms with van der Waals surface area (Å²) in [6, 6.07) is 0. The maximum Gasteiger partial charge on any atom is 0.125 e. The summed E-state index contributed by atoms with van der Waals surface area (Å²) in [5.41, 5.74) is 6.71. The molecule has 0 aromatic heterocycles. The van der Waals surface area contributed by atoms with Gasteiger partial charge in [0.15, 0.2) is 0 Å². The molecule has 1 aliphatic rings. The highest BCUT2D eigenvalue weighted by Gasteiger charge is 2.19. The first kappa shape index (κ1) is 10.2. The lowest BCUT2D eigenvalue weighted by Crippen LogP contribution is -2.30. The van der Waals surface area contributed by atoms with Gasteiger partial charge in [0.25, 0.3) is 0 Å². The summed E-state index contributed by atoms with van der Waals surface area (Å²) in [5, 5.41) is 8.00. The molecule has 2 unspecified atom stereocenters. The van der Waals surface area contributed by atoms with Gasteiger partial charge >= 0.3 is 0 Å². The normalized spacial score (nSPS) is 25.0. The minimum atomic E-state index is 0.312. The number of nitrogens with two attached hydrogens (primary N) is 1. The Morgan fingerprint density at radius 2 is 2.31 bits per heavy atom. The summed E-state index contributed by atoms with van der Waals surface area (Å²) in [6.07, 6.45) is 0.903. The molecule has 0 bridgehead atoms. The van der Waals surface area contributed by atoms with Gasteiger partial charge in [0.2, 0.25) is 0 Å². The molecular formula is C9H17N3O. The zero-order valence-corrected chi connectivity index (χ0v) is 8.45. The predicted molar refractivity (Wildman–Crippen MR) is 53.9 cm³/mol. The Morgan fingerprint density at radius 3 is 2.85 bits per heavy atom. The Hall–Kier alpha value is -0.900. The molecule has 0 aromatic carbocycles. The van der Waals surface area contributed by atoms with Crippen LogP contribution < -0.4 is 5.73 Å². The minimum Gasteiger partial charge on any atom is -0.385 e. The molecule has 13 heavy (non-hydrogen) atoms. The summed E-state index contributed by atoms with van der Waals surface area (Å²) in [4.78, 5) is 0. The van der Waals surface area contributed by atoms with Crippen molar-refractivity contribution in [2.24, 2.45) is 27.8 Å². The first-order chi connectivity index (χ1) is 6.15. The zero-order valence-electron chi connectivity index (χ0n) is 8.45. The second-order valence-corrected chi connectivity index (χ2v) is 3.58. The van der Waals surface area contributed by atoms with Crippen LogP contribution in [0, 0.1) is 11.8 Å². The molecule has 0 aliphatic carbocycles. The summed E-state index contributed by atoms with van der Waals surface area (Å²) >= 11 is 0. The summed E-state index contributed by atoms with van der Waals surface area (Å²) in [5.74, 6) is 1.28. The smallest absolute Gasteiger partial charge is 0.125 e. The number of ether oxygens (including phenoxy) is 1. The molecule has 1 aliphatic heterocycles. The quantitative estimate of drug-likeness (QED) is 0.710. The van der Waals surface area contributed by atoms with E-state index >= 15 is 0 Å². The molecule has 0 spiro atoms. The fourth-order valence-electron chi connectivity index (χ4n) is 1.33. The maximum atomic E-state index is 5.63. The van der Waals surface area contributed by atoms with Crippen molar-refractivity contribution in [1.82, 2.24) is 0 Å². The number of rotatable bonds is 3. The third kappa shape index (κ3) is 2.52. The Kier molecular flexibility index (Phi) is 3.42. The Balaban J connectivity index is 2.62. The van der Waals surface area contributed by atoms with E-state index in [2.05, 4.69) is 24.1 Å². The number of nitrogens with zero attached hydrogens (tertiary/aromatic N) is 2. The second kappa shape index (κ2) is 4.37. The Labute approximate surface area is 78.9 Å². The van der Waals surface area contributed by atoms with E-state index in [1.165, 1.54) is 0 Å². The fourth-order valence-corrected chi connectivity index (χ4v) is 1.33. The van der Waals surface area contributed by atoms with Gasteiger partial charge < -0.3 is 10.5 Å². The van der Waals surface area contributed by atoms with E-state index in [0.717, 1.165) is 12.1 Å². The van der Waals surface area contributed by atoms with E-state index in [1.807, 2.05) is 0 Å². The molecule has 2 atom stereocenters. The number of hydrogen-bond acceptors (Lipinski definition) is 4. The van der Waals surface area contributed by atoms with Crippen molar-refractivity contribution in [2.75, 3.05) is 13.7 Å². The lowest BCUT2D eigenvalue weighted by atomic mass is 9.95.